The Balaban J connectivity index is 1.29. The summed E-state index contributed by atoms with van der Waals surface area (Å²) in [5.74, 6) is 0.773. The number of hydrogen-bond donors (Lipinski definition) is 1. The standard InChI is InChI=1S/C26H29N3O5/c30-24(20-8-9-21-22(16-20)34-17-33-21)27-23(26(32)28-12-4-5-13-28)18-10-14-29(15-11-18)25(31)19-6-2-1-3-7-19/h1-3,6-9,16,18,23H,4-5,10-15,17H2,(H,27,30)/t23-/m1/s1. The fourth-order valence-electron chi connectivity index (χ4n) is 4.98. The highest BCUT2D eigenvalue weighted by Crippen LogP contribution is 2.33. The average molecular weight is 464 g/mol. The lowest BCUT2D eigenvalue weighted by atomic mass is 9.88. The number of likely N-dealkylation sites (tertiary alicyclic amines) is 2. The zero-order valence-corrected chi connectivity index (χ0v) is 19.1. The zero-order chi connectivity index (χ0) is 23.5. The van der Waals surface area contributed by atoms with Gasteiger partial charge in [0.25, 0.3) is 11.8 Å². The van der Waals surface area contributed by atoms with Crippen LogP contribution in [0, 0.1) is 5.92 Å². The topological polar surface area (TPSA) is 88.2 Å². The van der Waals surface area contributed by atoms with Crippen LogP contribution in [0.5, 0.6) is 11.5 Å². The van der Waals surface area contributed by atoms with Crippen LogP contribution in [-0.4, -0.2) is 66.5 Å². The van der Waals surface area contributed by atoms with E-state index in [1.165, 1.54) is 0 Å². The molecule has 8 heteroatoms. The number of piperidine rings is 1. The van der Waals surface area contributed by atoms with Crippen molar-refractivity contribution in [2.45, 2.75) is 31.7 Å². The molecule has 0 spiro atoms. The Bertz CT molecular complexity index is 1060. The summed E-state index contributed by atoms with van der Waals surface area (Å²) < 4.78 is 10.7. The summed E-state index contributed by atoms with van der Waals surface area (Å²) >= 11 is 0. The number of carbonyl (C=O) groups is 3. The minimum absolute atomic E-state index is 0.00543. The fourth-order valence-corrected chi connectivity index (χ4v) is 4.98. The predicted octanol–water partition coefficient (Wildman–Crippen LogP) is 2.69. The third kappa shape index (κ3) is 4.58. The molecular weight excluding hydrogens is 434 g/mol. The van der Waals surface area contributed by atoms with Gasteiger partial charge in [0, 0.05) is 37.3 Å². The molecule has 1 N–H and O–H groups in total. The lowest BCUT2D eigenvalue weighted by molar-refractivity contribution is -0.134. The van der Waals surface area contributed by atoms with Gasteiger partial charge in [-0.15, -0.1) is 0 Å². The van der Waals surface area contributed by atoms with Crippen molar-refractivity contribution in [3.8, 4) is 11.5 Å². The number of fused-ring (bicyclic) bond motifs is 1. The van der Waals surface area contributed by atoms with Gasteiger partial charge in [0.1, 0.15) is 6.04 Å². The second-order valence-corrected chi connectivity index (χ2v) is 9.05. The van der Waals surface area contributed by atoms with Crippen molar-refractivity contribution in [2.75, 3.05) is 33.0 Å². The Morgan fingerprint density at radius 3 is 2.26 bits per heavy atom. The van der Waals surface area contributed by atoms with Crippen molar-refractivity contribution < 1.29 is 23.9 Å². The van der Waals surface area contributed by atoms with Crippen molar-refractivity contribution in [1.82, 2.24) is 15.1 Å². The van der Waals surface area contributed by atoms with Crippen LogP contribution in [0.2, 0.25) is 0 Å². The maximum atomic E-state index is 13.4. The number of ether oxygens (including phenoxy) is 2. The number of carbonyl (C=O) groups excluding carboxylic acids is 3. The molecule has 3 aliphatic heterocycles. The molecule has 0 aliphatic carbocycles. The third-order valence-electron chi connectivity index (χ3n) is 6.92. The molecule has 8 nitrogen and oxygen atoms in total. The maximum Gasteiger partial charge on any atom is 0.253 e. The lowest BCUT2D eigenvalue weighted by Crippen LogP contribution is -2.54. The highest BCUT2D eigenvalue weighted by molar-refractivity contribution is 5.98. The summed E-state index contributed by atoms with van der Waals surface area (Å²) in [4.78, 5) is 43.1. The van der Waals surface area contributed by atoms with Crippen LogP contribution in [-0.2, 0) is 4.79 Å². The molecule has 0 aromatic heterocycles. The number of amides is 3. The Kier molecular flexibility index (Phi) is 6.38. The number of benzene rings is 2. The van der Waals surface area contributed by atoms with Gasteiger partial charge in [0.2, 0.25) is 12.7 Å². The number of hydrogen-bond acceptors (Lipinski definition) is 5. The minimum atomic E-state index is -0.620. The molecule has 3 amide bonds. The summed E-state index contributed by atoms with van der Waals surface area (Å²) in [6.45, 7) is 2.70. The van der Waals surface area contributed by atoms with E-state index in [-0.39, 0.29) is 30.4 Å². The van der Waals surface area contributed by atoms with Crippen molar-refractivity contribution in [3.63, 3.8) is 0 Å². The van der Waals surface area contributed by atoms with Gasteiger partial charge in [0.15, 0.2) is 11.5 Å². The summed E-state index contributed by atoms with van der Waals surface area (Å²) in [5, 5.41) is 3.02. The fraction of sp³-hybridized carbons (Fsp3) is 0.423. The summed E-state index contributed by atoms with van der Waals surface area (Å²) in [5.41, 5.74) is 1.10. The van der Waals surface area contributed by atoms with E-state index in [0.29, 0.717) is 48.6 Å². The molecule has 2 saturated heterocycles. The van der Waals surface area contributed by atoms with Gasteiger partial charge in [-0.3, -0.25) is 14.4 Å². The molecule has 178 valence electrons. The smallest absolute Gasteiger partial charge is 0.253 e. The van der Waals surface area contributed by atoms with Crippen LogP contribution >= 0.6 is 0 Å². The first-order valence-electron chi connectivity index (χ1n) is 11.9. The summed E-state index contributed by atoms with van der Waals surface area (Å²) in [6.07, 6.45) is 3.28. The molecule has 2 aromatic rings. The van der Waals surface area contributed by atoms with E-state index in [0.717, 1.165) is 25.9 Å². The maximum absolute atomic E-state index is 13.4. The normalized spacial score (nSPS) is 18.6. The van der Waals surface area contributed by atoms with E-state index >= 15 is 0 Å². The monoisotopic (exact) mass is 463 g/mol. The molecule has 0 unspecified atom stereocenters. The predicted molar refractivity (Wildman–Crippen MR) is 125 cm³/mol. The molecule has 2 aromatic carbocycles. The van der Waals surface area contributed by atoms with Crippen LogP contribution < -0.4 is 14.8 Å². The van der Waals surface area contributed by atoms with Crippen LogP contribution in [0.15, 0.2) is 48.5 Å². The van der Waals surface area contributed by atoms with E-state index < -0.39 is 6.04 Å². The first kappa shape index (κ1) is 22.3. The minimum Gasteiger partial charge on any atom is -0.454 e. The largest absolute Gasteiger partial charge is 0.454 e. The first-order chi connectivity index (χ1) is 16.6. The molecule has 3 aliphatic rings. The molecule has 3 heterocycles. The van der Waals surface area contributed by atoms with Crippen LogP contribution in [0.1, 0.15) is 46.4 Å². The van der Waals surface area contributed by atoms with Crippen molar-refractivity contribution >= 4 is 17.7 Å². The Morgan fingerprint density at radius 1 is 0.824 bits per heavy atom. The third-order valence-corrected chi connectivity index (χ3v) is 6.92. The molecule has 34 heavy (non-hydrogen) atoms. The zero-order valence-electron chi connectivity index (χ0n) is 19.1. The Labute approximate surface area is 198 Å². The van der Waals surface area contributed by atoms with Gasteiger partial charge >= 0.3 is 0 Å². The van der Waals surface area contributed by atoms with Gasteiger partial charge in [-0.05, 0) is 61.9 Å². The van der Waals surface area contributed by atoms with Gasteiger partial charge < -0.3 is 24.6 Å². The average Bonchev–Trinajstić information content (AvgIpc) is 3.59. The lowest BCUT2D eigenvalue weighted by Gasteiger charge is -2.37. The SMILES string of the molecule is O=C(N[C@@H](C(=O)N1CCCC1)C1CCN(C(=O)c2ccccc2)CC1)c1ccc2c(c1)OCO2. The van der Waals surface area contributed by atoms with E-state index in [1.807, 2.05) is 40.1 Å². The molecular formula is C26H29N3O5. The van der Waals surface area contributed by atoms with E-state index in [9.17, 15) is 14.4 Å². The highest BCUT2D eigenvalue weighted by Gasteiger charge is 2.37. The van der Waals surface area contributed by atoms with Crippen molar-refractivity contribution in [2.24, 2.45) is 5.92 Å². The quantitative estimate of drug-likeness (QED) is 0.737. The van der Waals surface area contributed by atoms with Crippen molar-refractivity contribution in [3.05, 3.63) is 59.7 Å². The van der Waals surface area contributed by atoms with Gasteiger partial charge in [-0.1, -0.05) is 18.2 Å². The van der Waals surface area contributed by atoms with Crippen LogP contribution in [0.25, 0.3) is 0 Å². The van der Waals surface area contributed by atoms with Crippen molar-refractivity contribution in [1.29, 1.82) is 0 Å². The van der Waals surface area contributed by atoms with E-state index in [4.69, 9.17) is 9.47 Å². The van der Waals surface area contributed by atoms with Gasteiger partial charge in [-0.25, -0.2) is 0 Å². The Morgan fingerprint density at radius 2 is 1.53 bits per heavy atom. The van der Waals surface area contributed by atoms with Crippen LogP contribution in [0.4, 0.5) is 0 Å². The second kappa shape index (κ2) is 9.75. The first-order valence-corrected chi connectivity index (χ1v) is 11.9. The van der Waals surface area contributed by atoms with Crippen LogP contribution in [0.3, 0.4) is 0 Å². The van der Waals surface area contributed by atoms with Gasteiger partial charge in [-0.2, -0.15) is 0 Å². The van der Waals surface area contributed by atoms with Gasteiger partial charge in [0.05, 0.1) is 0 Å². The summed E-state index contributed by atoms with van der Waals surface area (Å²) in [6, 6.07) is 13.7. The Hall–Kier alpha value is -3.55. The molecule has 0 radical (unpaired) electrons. The highest BCUT2D eigenvalue weighted by atomic mass is 16.7. The van der Waals surface area contributed by atoms with E-state index in [1.54, 1.807) is 18.2 Å². The molecule has 5 rings (SSSR count). The molecule has 2 fully saturated rings. The second-order valence-electron chi connectivity index (χ2n) is 9.05. The molecule has 0 bridgehead atoms. The number of rotatable bonds is 5. The molecule has 0 saturated carbocycles. The summed E-state index contributed by atoms with van der Waals surface area (Å²) in [7, 11) is 0. The number of nitrogens with zero attached hydrogens (tertiary/aromatic N) is 2. The molecule has 1 atom stereocenters. The van der Waals surface area contributed by atoms with E-state index in [2.05, 4.69) is 5.32 Å². The number of nitrogens with one attached hydrogen (secondary N) is 1.